The zero-order valence-corrected chi connectivity index (χ0v) is 27.7. The van der Waals surface area contributed by atoms with Crippen molar-refractivity contribution >= 4 is 35.5 Å². The van der Waals surface area contributed by atoms with Crippen LogP contribution in [0.4, 0.5) is 0 Å². The Morgan fingerprint density at radius 2 is 1.59 bits per heavy atom. The molecule has 0 aliphatic heterocycles. The van der Waals surface area contributed by atoms with Gasteiger partial charge in [0.2, 0.25) is 0 Å². The molecule has 7 aliphatic rings. The molecule has 0 amide bonds. The van der Waals surface area contributed by atoms with Crippen LogP contribution in [0, 0.1) is 0 Å². The maximum absolute atomic E-state index is 6.60. The Morgan fingerprint density at radius 3 is 2.49 bits per heavy atom. The minimum Gasteiger partial charge on any atom is -0.457 e. The molecular weight excluding hydrogens is 599 g/mol. The van der Waals surface area contributed by atoms with Crippen LogP contribution in [0.5, 0.6) is 0 Å². The number of aromatic nitrogens is 3. The summed E-state index contributed by atoms with van der Waals surface area (Å²) in [6.45, 7) is 0. The Kier molecular flexibility index (Phi) is 6.96. The highest BCUT2D eigenvalue weighted by Gasteiger charge is 2.30. The van der Waals surface area contributed by atoms with Crippen LogP contribution in [0.3, 0.4) is 0 Å². The van der Waals surface area contributed by atoms with Crippen molar-refractivity contribution < 1.29 is 4.42 Å². The second kappa shape index (κ2) is 11.8. The summed E-state index contributed by atoms with van der Waals surface area (Å²) < 4.78 is 6.60. The average molecular weight is 638 g/mol. The van der Waals surface area contributed by atoms with Gasteiger partial charge in [0.1, 0.15) is 22.8 Å². The zero-order chi connectivity index (χ0) is 32.3. The normalized spacial score (nSPS) is 24.2. The lowest BCUT2D eigenvalue weighted by atomic mass is 9.75. The summed E-state index contributed by atoms with van der Waals surface area (Å²) in [6, 6.07) is 4.73. The van der Waals surface area contributed by atoms with Crippen LogP contribution in [-0.2, 0) is 12.8 Å². The first-order chi connectivity index (χ1) is 24.3. The monoisotopic (exact) mass is 637 g/mol. The van der Waals surface area contributed by atoms with E-state index in [2.05, 4.69) is 109 Å². The molecule has 7 aliphatic carbocycles. The number of nitrogens with zero attached hydrogens (tertiary/aromatic N) is 3. The van der Waals surface area contributed by atoms with Crippen LogP contribution in [-0.4, -0.2) is 15.0 Å². The maximum atomic E-state index is 6.60. The Morgan fingerprint density at radius 1 is 0.694 bits per heavy atom. The Bertz CT molecular complexity index is 2330. The minimum atomic E-state index is 0.00577. The van der Waals surface area contributed by atoms with Crippen molar-refractivity contribution in [3.8, 4) is 0 Å². The van der Waals surface area contributed by atoms with E-state index >= 15 is 0 Å². The summed E-state index contributed by atoms with van der Waals surface area (Å²) >= 11 is 0. The summed E-state index contributed by atoms with van der Waals surface area (Å²) in [7, 11) is 0. The van der Waals surface area contributed by atoms with E-state index in [1.165, 1.54) is 55.3 Å². The molecule has 3 atom stereocenters. The number of fused-ring (bicyclic) bond motifs is 8. The van der Waals surface area contributed by atoms with E-state index in [1.807, 2.05) is 0 Å². The van der Waals surface area contributed by atoms with Crippen LogP contribution < -0.4 is 10.6 Å². The van der Waals surface area contributed by atoms with Gasteiger partial charge in [-0.05, 0) is 121 Å². The third-order valence-electron chi connectivity index (χ3n) is 11.4. The summed E-state index contributed by atoms with van der Waals surface area (Å²) in [5.41, 5.74) is 13.3. The van der Waals surface area contributed by atoms with E-state index in [9.17, 15) is 0 Å². The van der Waals surface area contributed by atoms with E-state index < -0.39 is 0 Å². The fourth-order valence-electron chi connectivity index (χ4n) is 8.86. The van der Waals surface area contributed by atoms with Crippen molar-refractivity contribution in [3.05, 3.63) is 158 Å². The molecule has 0 bridgehead atoms. The first-order valence-corrected chi connectivity index (χ1v) is 18.2. The largest absolute Gasteiger partial charge is 0.457 e. The Labute approximate surface area is 287 Å². The molecule has 2 heterocycles. The standard InChI is InChI=1S/C45H39N3O/c1-3-11-28(12-4-1)39-26-33(27-41-42(39)37-17-9-10-18-40(37)49-41)45-47-43(31-14-5-2-6-15-31)46-44(48-45)32-20-19-30-22-23-35-34-16-8-7-13-29(34)21-24-36(35)38(30)25-32/h1-3,5-8,10-11,13-14,18,21-25,27,31,33-34H,4,9,12,15-17,19-20,26H2. The number of benzene rings is 1. The van der Waals surface area contributed by atoms with Crippen molar-refractivity contribution in [2.45, 2.75) is 75.5 Å². The highest BCUT2D eigenvalue weighted by Crippen LogP contribution is 2.43. The predicted molar refractivity (Wildman–Crippen MR) is 199 cm³/mol. The van der Waals surface area contributed by atoms with Gasteiger partial charge < -0.3 is 4.42 Å². The van der Waals surface area contributed by atoms with Crippen molar-refractivity contribution in [3.63, 3.8) is 0 Å². The molecule has 3 aromatic rings. The summed E-state index contributed by atoms with van der Waals surface area (Å²) in [4.78, 5) is 15.9. The summed E-state index contributed by atoms with van der Waals surface area (Å²) in [5, 5.41) is 1.32. The SMILES string of the molecule is C1=CCCC(C2=c3c4c(oc3=CC(c3nc(C5=Cc6c(ccc7c6C=CC6=CC=CCC67)CC5)nc(C5C=CC=CC5)n3)C2)C=CCC4)=C1. The van der Waals surface area contributed by atoms with E-state index in [4.69, 9.17) is 19.4 Å². The van der Waals surface area contributed by atoms with Gasteiger partial charge in [-0.25, -0.2) is 15.0 Å². The molecule has 0 N–H and O–H groups in total. The quantitative estimate of drug-likeness (QED) is 0.287. The lowest BCUT2D eigenvalue weighted by molar-refractivity contribution is 0.512. The molecule has 4 nitrogen and oxygen atoms in total. The molecule has 0 saturated heterocycles. The lowest BCUT2D eigenvalue weighted by Crippen LogP contribution is -2.32. The second-order valence-corrected chi connectivity index (χ2v) is 14.3. The van der Waals surface area contributed by atoms with Gasteiger partial charge in [-0.15, -0.1) is 0 Å². The first kappa shape index (κ1) is 28.9. The van der Waals surface area contributed by atoms with Crippen LogP contribution >= 0.6 is 0 Å². The third kappa shape index (κ3) is 4.99. The maximum Gasteiger partial charge on any atom is 0.159 e. The minimum absolute atomic E-state index is 0.00577. The summed E-state index contributed by atoms with van der Waals surface area (Å²) in [5.74, 6) is 4.15. The van der Waals surface area contributed by atoms with Crippen LogP contribution in [0.2, 0.25) is 0 Å². The van der Waals surface area contributed by atoms with Crippen molar-refractivity contribution in [2.24, 2.45) is 0 Å². The highest BCUT2D eigenvalue weighted by molar-refractivity contribution is 5.87. The number of allylic oxidation sites excluding steroid dienone is 15. The van der Waals surface area contributed by atoms with Crippen LogP contribution in [0.25, 0.3) is 35.5 Å². The Hall–Kier alpha value is -5.09. The van der Waals surface area contributed by atoms with Crippen molar-refractivity contribution in [1.82, 2.24) is 15.0 Å². The highest BCUT2D eigenvalue weighted by atomic mass is 16.3. The third-order valence-corrected chi connectivity index (χ3v) is 11.4. The molecule has 0 spiro atoms. The van der Waals surface area contributed by atoms with Gasteiger partial charge in [0.25, 0.3) is 0 Å². The lowest BCUT2D eigenvalue weighted by Gasteiger charge is -2.29. The molecule has 0 radical (unpaired) electrons. The molecule has 0 fully saturated rings. The average Bonchev–Trinajstić information content (AvgIpc) is 3.56. The van der Waals surface area contributed by atoms with Gasteiger partial charge >= 0.3 is 0 Å². The van der Waals surface area contributed by atoms with E-state index in [-0.39, 0.29) is 11.8 Å². The fourth-order valence-corrected chi connectivity index (χ4v) is 8.86. The Balaban J connectivity index is 1.11. The van der Waals surface area contributed by atoms with E-state index in [0.29, 0.717) is 5.92 Å². The van der Waals surface area contributed by atoms with Gasteiger partial charge in [0.05, 0.1) is 0 Å². The number of aryl methyl sites for hydroxylation is 1. The van der Waals surface area contributed by atoms with Crippen molar-refractivity contribution in [1.29, 1.82) is 0 Å². The van der Waals surface area contributed by atoms with Gasteiger partial charge in [0, 0.05) is 28.5 Å². The molecule has 1 aromatic carbocycles. The fraction of sp³-hybridized carbons (Fsp3) is 0.267. The number of rotatable bonds is 4. The molecule has 2 aromatic heterocycles. The first-order valence-electron chi connectivity index (χ1n) is 18.2. The van der Waals surface area contributed by atoms with E-state index in [0.717, 1.165) is 86.4 Å². The summed E-state index contributed by atoms with van der Waals surface area (Å²) in [6.07, 6.45) is 45.0. The van der Waals surface area contributed by atoms with Crippen molar-refractivity contribution in [2.75, 3.05) is 0 Å². The van der Waals surface area contributed by atoms with Gasteiger partial charge in [-0.3, -0.25) is 0 Å². The second-order valence-electron chi connectivity index (χ2n) is 14.3. The molecule has 4 heteroatoms. The topological polar surface area (TPSA) is 51.8 Å². The molecule has 3 unspecified atom stereocenters. The van der Waals surface area contributed by atoms with E-state index in [1.54, 1.807) is 0 Å². The molecule has 240 valence electrons. The molecule has 10 rings (SSSR count). The van der Waals surface area contributed by atoms with Crippen LogP contribution in [0.1, 0.15) is 114 Å². The molecule has 49 heavy (non-hydrogen) atoms. The van der Waals surface area contributed by atoms with Gasteiger partial charge in [-0.2, -0.15) is 0 Å². The number of hydrogen-bond acceptors (Lipinski definition) is 4. The number of furan rings is 1. The molecular formula is C45H39N3O. The number of hydrogen-bond donors (Lipinski definition) is 0. The van der Waals surface area contributed by atoms with Gasteiger partial charge in [-0.1, -0.05) is 91.1 Å². The molecule has 0 saturated carbocycles. The van der Waals surface area contributed by atoms with Gasteiger partial charge in [0.15, 0.2) is 5.82 Å². The predicted octanol–water partition coefficient (Wildman–Crippen LogP) is 8.90. The van der Waals surface area contributed by atoms with Crippen LogP contribution in [0.15, 0.2) is 101 Å². The smallest absolute Gasteiger partial charge is 0.159 e. The zero-order valence-electron chi connectivity index (χ0n) is 27.7.